The van der Waals surface area contributed by atoms with Gasteiger partial charge in [0.2, 0.25) is 0 Å². The number of allylic oxidation sites excluding steroid dienone is 2. The predicted molar refractivity (Wildman–Crippen MR) is 143 cm³/mol. The number of aryl methyl sites for hydroxylation is 1. The molecule has 4 heteroatoms. The highest BCUT2D eigenvalue weighted by molar-refractivity contribution is 7.99. The van der Waals surface area contributed by atoms with Crippen LogP contribution in [0, 0.1) is 24.7 Å². The van der Waals surface area contributed by atoms with E-state index in [-0.39, 0.29) is 12.0 Å². The molecule has 184 valence electrons. The number of thioether (sulfide) groups is 1. The average molecular weight is 472 g/mol. The van der Waals surface area contributed by atoms with E-state index in [0.717, 1.165) is 24.9 Å². The molecule has 33 heavy (non-hydrogen) atoms. The zero-order chi connectivity index (χ0) is 24.0. The fourth-order valence-electron chi connectivity index (χ4n) is 5.78. The lowest BCUT2D eigenvalue weighted by atomic mass is 9.88. The van der Waals surface area contributed by atoms with Crippen LogP contribution < -0.4 is 0 Å². The predicted octanol–water partition coefficient (Wildman–Crippen LogP) is 5.64. The van der Waals surface area contributed by atoms with Crippen LogP contribution in [0.25, 0.3) is 0 Å². The average Bonchev–Trinajstić information content (AvgIpc) is 3.24. The molecule has 0 saturated heterocycles. The molecule has 0 amide bonds. The summed E-state index contributed by atoms with van der Waals surface area (Å²) >= 11 is 2.07. The van der Waals surface area contributed by atoms with E-state index < -0.39 is 6.10 Å². The Kier molecular flexibility index (Phi) is 10.1. The third-order valence-corrected chi connectivity index (χ3v) is 8.38. The Hall–Kier alpha value is -1.07. The topological polar surface area (TPSA) is 43.7 Å². The van der Waals surface area contributed by atoms with Crippen molar-refractivity contribution in [3.8, 4) is 0 Å². The summed E-state index contributed by atoms with van der Waals surface area (Å²) in [5.74, 6) is 3.54. The normalized spacial score (nSPS) is 26.1. The highest BCUT2D eigenvalue weighted by Gasteiger charge is 2.43. The number of hydrogen-bond acceptors (Lipinski definition) is 4. The van der Waals surface area contributed by atoms with Gasteiger partial charge in [0, 0.05) is 36.7 Å². The van der Waals surface area contributed by atoms with E-state index in [9.17, 15) is 10.2 Å². The molecule has 1 aromatic rings. The van der Waals surface area contributed by atoms with Crippen molar-refractivity contribution in [2.45, 2.75) is 84.6 Å². The smallest absolute Gasteiger partial charge is 0.0761 e. The maximum absolute atomic E-state index is 10.6. The summed E-state index contributed by atoms with van der Waals surface area (Å²) in [6.07, 6.45) is 9.46. The molecule has 1 aromatic carbocycles. The standard InChI is InChI=1S/C29H45NO2S/c1-20(2)30(21(3)4)12-14-33-13-11-24-16-25-19-29(32)27(28(25)18-24)10-9-26(31)17-23-8-6-7-22(5)15-23/h6-10,15-16,20-21,25-29,31-32H,11-14,17-19H2,1-5H3/b10-9+/t25-,26-,27+,28-,29+/m0/s1. The van der Waals surface area contributed by atoms with Gasteiger partial charge in [0.15, 0.2) is 0 Å². The first kappa shape index (κ1) is 26.5. The summed E-state index contributed by atoms with van der Waals surface area (Å²) in [5.41, 5.74) is 3.95. The van der Waals surface area contributed by atoms with Gasteiger partial charge in [-0.25, -0.2) is 0 Å². The van der Waals surface area contributed by atoms with Crippen molar-refractivity contribution in [1.29, 1.82) is 0 Å². The molecular formula is C29H45NO2S. The van der Waals surface area contributed by atoms with Crippen LogP contribution in [0.15, 0.2) is 48.1 Å². The molecule has 0 heterocycles. The summed E-state index contributed by atoms with van der Waals surface area (Å²) in [7, 11) is 0. The van der Waals surface area contributed by atoms with Gasteiger partial charge in [-0.2, -0.15) is 11.8 Å². The zero-order valence-electron chi connectivity index (χ0n) is 21.3. The third kappa shape index (κ3) is 7.71. The Morgan fingerprint density at radius 3 is 2.61 bits per heavy atom. The van der Waals surface area contributed by atoms with Crippen LogP contribution in [-0.2, 0) is 6.42 Å². The second-order valence-corrected chi connectivity index (χ2v) is 11.9. The van der Waals surface area contributed by atoms with Crippen LogP contribution in [0.5, 0.6) is 0 Å². The number of aliphatic hydroxyl groups is 2. The number of fused-ring (bicyclic) bond motifs is 1. The molecule has 0 spiro atoms. The maximum atomic E-state index is 10.6. The quantitative estimate of drug-likeness (QED) is 0.306. The van der Waals surface area contributed by atoms with Crippen molar-refractivity contribution in [2.75, 3.05) is 18.1 Å². The zero-order valence-corrected chi connectivity index (χ0v) is 22.1. The lowest BCUT2D eigenvalue weighted by Crippen LogP contribution is -2.38. The second-order valence-electron chi connectivity index (χ2n) is 10.7. The van der Waals surface area contributed by atoms with Crippen LogP contribution in [0.3, 0.4) is 0 Å². The van der Waals surface area contributed by atoms with Gasteiger partial charge in [0.25, 0.3) is 0 Å². The molecule has 0 aliphatic heterocycles. The molecule has 5 atom stereocenters. The van der Waals surface area contributed by atoms with Crippen LogP contribution in [0.2, 0.25) is 0 Å². The molecule has 3 nitrogen and oxygen atoms in total. The Morgan fingerprint density at radius 2 is 1.91 bits per heavy atom. The molecule has 2 aliphatic rings. The molecule has 1 saturated carbocycles. The van der Waals surface area contributed by atoms with E-state index in [1.165, 1.54) is 23.5 Å². The van der Waals surface area contributed by atoms with E-state index in [4.69, 9.17) is 0 Å². The summed E-state index contributed by atoms with van der Waals surface area (Å²) in [4.78, 5) is 2.57. The van der Waals surface area contributed by atoms with Gasteiger partial charge in [0.1, 0.15) is 0 Å². The minimum atomic E-state index is -0.500. The maximum Gasteiger partial charge on any atom is 0.0761 e. The minimum Gasteiger partial charge on any atom is -0.392 e. The van der Waals surface area contributed by atoms with Crippen molar-refractivity contribution in [1.82, 2.24) is 4.90 Å². The van der Waals surface area contributed by atoms with Crippen molar-refractivity contribution >= 4 is 11.8 Å². The SMILES string of the molecule is Cc1cccc(C[C@@H](O)/C=C/[C@@H]2[C@H]3CC(CCSCCN(C(C)C)C(C)C)=C[C@H]3C[C@H]2O)c1. The summed E-state index contributed by atoms with van der Waals surface area (Å²) in [6.45, 7) is 12.4. The van der Waals surface area contributed by atoms with Crippen LogP contribution in [0.1, 0.15) is 58.1 Å². The minimum absolute atomic E-state index is 0.161. The van der Waals surface area contributed by atoms with Crippen molar-refractivity contribution in [2.24, 2.45) is 17.8 Å². The first-order valence-corrected chi connectivity index (χ1v) is 14.0. The lowest BCUT2D eigenvalue weighted by molar-refractivity contribution is 0.140. The molecule has 3 rings (SSSR count). The number of hydrogen-bond donors (Lipinski definition) is 2. The second kappa shape index (κ2) is 12.6. The molecule has 0 bridgehead atoms. The van der Waals surface area contributed by atoms with Gasteiger partial charge < -0.3 is 10.2 Å². The Bertz CT molecular complexity index is 795. The van der Waals surface area contributed by atoms with E-state index in [1.54, 1.807) is 5.57 Å². The third-order valence-electron chi connectivity index (χ3n) is 7.42. The fraction of sp³-hybridized carbons (Fsp3) is 0.655. The Balaban J connectivity index is 1.43. The van der Waals surface area contributed by atoms with Crippen LogP contribution in [-0.4, -0.2) is 57.5 Å². The summed E-state index contributed by atoms with van der Waals surface area (Å²) in [6, 6.07) is 9.53. The molecule has 0 radical (unpaired) electrons. The van der Waals surface area contributed by atoms with Gasteiger partial charge in [-0.15, -0.1) is 0 Å². The van der Waals surface area contributed by atoms with E-state index in [1.807, 2.05) is 12.1 Å². The summed E-state index contributed by atoms with van der Waals surface area (Å²) < 4.78 is 0. The molecule has 2 aliphatic carbocycles. The summed E-state index contributed by atoms with van der Waals surface area (Å²) in [5, 5.41) is 21.2. The molecule has 0 unspecified atom stereocenters. The molecule has 0 aromatic heterocycles. The molecule has 2 N–H and O–H groups in total. The first-order valence-electron chi connectivity index (χ1n) is 12.9. The van der Waals surface area contributed by atoms with Gasteiger partial charge in [-0.1, -0.05) is 53.6 Å². The van der Waals surface area contributed by atoms with Crippen molar-refractivity contribution < 1.29 is 10.2 Å². The number of aliphatic hydroxyl groups excluding tert-OH is 2. The molecule has 1 fully saturated rings. The van der Waals surface area contributed by atoms with Crippen molar-refractivity contribution in [3.05, 3.63) is 59.2 Å². The van der Waals surface area contributed by atoms with Crippen molar-refractivity contribution in [3.63, 3.8) is 0 Å². The van der Waals surface area contributed by atoms with E-state index in [0.29, 0.717) is 30.3 Å². The fourth-order valence-corrected chi connectivity index (χ4v) is 6.73. The van der Waals surface area contributed by atoms with Gasteiger partial charge in [-0.05, 0) is 77.0 Å². The van der Waals surface area contributed by atoms with E-state index >= 15 is 0 Å². The van der Waals surface area contributed by atoms with Gasteiger partial charge >= 0.3 is 0 Å². The number of nitrogens with zero attached hydrogens (tertiary/aromatic N) is 1. The van der Waals surface area contributed by atoms with Gasteiger partial charge in [-0.3, -0.25) is 4.90 Å². The van der Waals surface area contributed by atoms with Crippen LogP contribution >= 0.6 is 11.8 Å². The monoisotopic (exact) mass is 471 g/mol. The molecular weight excluding hydrogens is 426 g/mol. The number of benzene rings is 1. The first-order chi connectivity index (χ1) is 15.7. The highest BCUT2D eigenvalue weighted by atomic mass is 32.2. The van der Waals surface area contributed by atoms with Gasteiger partial charge in [0.05, 0.1) is 12.2 Å². The Morgan fingerprint density at radius 1 is 1.15 bits per heavy atom. The lowest BCUT2D eigenvalue weighted by Gasteiger charge is -2.30. The Labute approximate surface area is 206 Å². The largest absolute Gasteiger partial charge is 0.392 e. The van der Waals surface area contributed by atoms with Crippen LogP contribution in [0.4, 0.5) is 0 Å². The number of rotatable bonds is 12. The highest BCUT2D eigenvalue weighted by Crippen LogP contribution is 2.48. The van der Waals surface area contributed by atoms with E-state index in [2.05, 4.69) is 81.6 Å².